The molecule has 130 heavy (non-hydrogen) atoms. The van der Waals surface area contributed by atoms with Crippen LogP contribution in [0.2, 0.25) is 0 Å². The van der Waals surface area contributed by atoms with Crippen molar-refractivity contribution in [3.05, 3.63) is 29.1 Å². The molecule has 3 saturated heterocycles. The van der Waals surface area contributed by atoms with Gasteiger partial charge in [0.05, 0.1) is 70.0 Å². The number of amides is 5. The number of Topliss-reactive ketones (excluding diaryl/α,β-unsaturated/α-hetero) is 4. The lowest BCUT2D eigenvalue weighted by Crippen LogP contribution is -2.58. The standard InChI is InChI=1S/C81H137N5O26.C8F8O2/c1-53-54(2)69(47-107-62(10)89)110-78(59(53)7)104-41-22-19-31-65(92)27-15-13-17-29-67(94)36-44-101-50-81(86-74(98)34-25-35-75(99)100,51-102-45-37-68(95)30-18-14-16-28-66(93)32-20-23-42-105-79-76(84-60(8)87)57(5)55(3)70(111-79)48-108-63(11)90)52-103-46-38-73(97)83-40-26-39-82-72(96)33-21-24-43-106-80-77(85-61(9)88)58(6)56(4)71(112-80)49-109-64(12)91;9-1-2(10)4(12)6(5(13)3(1)11)18-7(17)8(14,15)16/h53-59,69-71,76-80H,13-52H2,1-12H3,(H,82,96)(H,83,97)(H,84,87)(H,85,88)(H,86,98)(H,99,100);/t53-,54+,55+,56+,57-,58-,59?,69?,70?,71?,76?,77?,78+,79+,80+,81?;/m0./s1. The summed E-state index contributed by atoms with van der Waals surface area (Å²) < 4.78 is 172. The zero-order valence-corrected chi connectivity index (χ0v) is 76.9. The minimum absolute atomic E-state index is 0.0259. The molecule has 4 rings (SSSR count). The lowest BCUT2D eigenvalue weighted by molar-refractivity contribution is -0.255. The van der Waals surface area contributed by atoms with Gasteiger partial charge < -0.3 is 93.3 Å². The lowest BCUT2D eigenvalue weighted by atomic mass is 9.79. The minimum Gasteiger partial charge on any atom is -0.481 e. The van der Waals surface area contributed by atoms with Crippen LogP contribution in [0.25, 0.3) is 0 Å². The van der Waals surface area contributed by atoms with Crippen LogP contribution in [-0.2, 0) is 124 Å². The van der Waals surface area contributed by atoms with Crippen LogP contribution in [0.5, 0.6) is 5.75 Å². The molecule has 0 radical (unpaired) electrons. The summed E-state index contributed by atoms with van der Waals surface area (Å²) in [6, 6.07) is -0.838. The molecular weight excluding hydrogens is 1740 g/mol. The number of unbranched alkanes of at least 4 members (excludes halogenated alkanes) is 7. The number of ether oxygens (including phenoxy) is 13. The number of rotatable bonds is 63. The maximum atomic E-state index is 13.6. The van der Waals surface area contributed by atoms with Crippen molar-refractivity contribution in [1.29, 1.82) is 0 Å². The van der Waals surface area contributed by atoms with Gasteiger partial charge in [-0.15, -0.1) is 0 Å². The molecule has 7 unspecified atom stereocenters. The molecule has 1 aromatic carbocycles. The Balaban J connectivity index is 0.00000214. The number of carbonyl (C=O) groups is 14. The van der Waals surface area contributed by atoms with E-state index in [-0.39, 0.29) is 231 Å². The van der Waals surface area contributed by atoms with E-state index in [1.807, 2.05) is 27.7 Å². The predicted octanol–water partition coefficient (Wildman–Crippen LogP) is 10.9. The Hall–Kier alpha value is -8.32. The Labute approximate surface area is 754 Å². The minimum atomic E-state index is -5.65. The van der Waals surface area contributed by atoms with E-state index in [0.29, 0.717) is 128 Å². The summed E-state index contributed by atoms with van der Waals surface area (Å²) in [6.07, 6.45) is 0.750. The smallest absolute Gasteiger partial charge is 0.481 e. The fourth-order valence-corrected chi connectivity index (χ4v) is 14.4. The molecule has 1 aromatic rings. The van der Waals surface area contributed by atoms with Gasteiger partial charge in [-0.2, -0.15) is 22.0 Å². The van der Waals surface area contributed by atoms with E-state index in [2.05, 4.69) is 52.1 Å². The highest BCUT2D eigenvalue weighted by molar-refractivity contribution is 5.81. The summed E-state index contributed by atoms with van der Waals surface area (Å²) >= 11 is 0. The maximum absolute atomic E-state index is 13.6. The number of carbonyl (C=O) groups excluding carboxylic acids is 13. The van der Waals surface area contributed by atoms with Gasteiger partial charge in [0.15, 0.2) is 18.9 Å². The average molecular weight is 1880 g/mol. The lowest BCUT2D eigenvalue weighted by Gasteiger charge is -2.44. The molecule has 0 saturated carbocycles. The molecule has 41 heteroatoms. The van der Waals surface area contributed by atoms with E-state index >= 15 is 0 Å². The predicted molar refractivity (Wildman–Crippen MR) is 448 cm³/mol. The van der Waals surface area contributed by atoms with Crippen LogP contribution in [0.15, 0.2) is 0 Å². The first-order valence-electron chi connectivity index (χ1n) is 44.8. The highest BCUT2D eigenvalue weighted by Gasteiger charge is 2.47. The molecule has 3 heterocycles. The van der Waals surface area contributed by atoms with Crippen molar-refractivity contribution in [3.8, 4) is 5.75 Å². The second-order valence-electron chi connectivity index (χ2n) is 33.6. The van der Waals surface area contributed by atoms with Crippen molar-refractivity contribution in [2.24, 2.45) is 41.4 Å². The summed E-state index contributed by atoms with van der Waals surface area (Å²) in [5, 5.41) is 23.8. The third kappa shape index (κ3) is 45.9. The number of esters is 4. The molecule has 0 aliphatic carbocycles. The first-order valence-corrected chi connectivity index (χ1v) is 44.8. The Morgan fingerprint density at radius 3 is 1.06 bits per heavy atom. The highest BCUT2D eigenvalue weighted by Crippen LogP contribution is 2.38. The van der Waals surface area contributed by atoms with Gasteiger partial charge in [-0.25, -0.2) is 18.0 Å². The van der Waals surface area contributed by atoms with Crippen molar-refractivity contribution >= 4 is 82.5 Å². The van der Waals surface area contributed by atoms with Gasteiger partial charge in [0, 0.05) is 150 Å². The molecule has 3 fully saturated rings. The molecule has 3 aliphatic heterocycles. The molecule has 0 aromatic heterocycles. The molecule has 6 N–H and O–H groups in total. The molecule has 0 bridgehead atoms. The number of alkyl halides is 3. The number of benzene rings is 1. The van der Waals surface area contributed by atoms with E-state index < -0.39 is 119 Å². The SMILES string of the molecule is CC(=O)NC1[C@H](OCCCCC(=O)CCCCCC(=O)CCOCC(COCCC(=O)CCCCCC(=O)CCCCO[C@@H]2OC(COC(C)=O)[C@H](C)[C@H](C)C2C)(COCCC(=O)NCCCNC(=O)CCCCO[C@@H]2OC(COC(C)=O)[C@H](C)[C@H](C)C2NC(C)=O)NC(=O)CCCC(=O)O)OC(COC(C)=O)[C@H](C)[C@@H]1C.O=C(Oc1c(F)c(F)c(F)c(F)c1F)C(F)(F)F. The maximum Gasteiger partial charge on any atom is 0.491 e. The van der Waals surface area contributed by atoms with Gasteiger partial charge in [0.25, 0.3) is 0 Å². The van der Waals surface area contributed by atoms with Crippen molar-refractivity contribution in [2.75, 3.05) is 92.4 Å². The summed E-state index contributed by atoms with van der Waals surface area (Å²) in [5.41, 5.74) is -1.42. The quantitative estimate of drug-likeness (QED) is 0.00671. The Morgan fingerprint density at radius 1 is 0.354 bits per heavy atom. The van der Waals surface area contributed by atoms with Gasteiger partial charge in [0.1, 0.15) is 48.5 Å². The summed E-state index contributed by atoms with van der Waals surface area (Å²) in [7, 11) is 0. The Kier molecular flexibility index (Phi) is 55.4. The molecular formula is C89H137F8N5O28. The van der Waals surface area contributed by atoms with Crippen LogP contribution in [0, 0.1) is 70.5 Å². The summed E-state index contributed by atoms with van der Waals surface area (Å²) in [6.45, 7) is 22.0. The van der Waals surface area contributed by atoms with Crippen molar-refractivity contribution in [3.63, 3.8) is 0 Å². The van der Waals surface area contributed by atoms with Gasteiger partial charge >= 0.3 is 36.0 Å². The topological polar surface area (TPSA) is 439 Å². The van der Waals surface area contributed by atoms with E-state index in [4.69, 9.17) is 56.8 Å². The third-order valence-corrected chi connectivity index (χ3v) is 22.9. The van der Waals surface area contributed by atoms with Crippen LogP contribution in [0.3, 0.4) is 0 Å². The molecule has 5 amide bonds. The number of carboxylic acid groups (broad SMARTS) is 1. The highest BCUT2D eigenvalue weighted by atomic mass is 19.4. The number of halogens is 8. The van der Waals surface area contributed by atoms with Crippen LogP contribution in [0.4, 0.5) is 35.1 Å². The fraction of sp³-hybridized carbons (Fsp3) is 0.775. The van der Waals surface area contributed by atoms with Gasteiger partial charge in [0.2, 0.25) is 64.4 Å². The van der Waals surface area contributed by atoms with Crippen LogP contribution in [0.1, 0.15) is 250 Å². The van der Waals surface area contributed by atoms with E-state index in [1.165, 1.54) is 34.6 Å². The van der Waals surface area contributed by atoms with Gasteiger partial charge in [-0.05, 0) is 113 Å². The summed E-state index contributed by atoms with van der Waals surface area (Å²) in [4.78, 5) is 171. The van der Waals surface area contributed by atoms with Crippen LogP contribution < -0.4 is 31.3 Å². The second kappa shape index (κ2) is 62.2. The number of hydrogen-bond acceptors (Lipinski definition) is 27. The monoisotopic (exact) mass is 1880 g/mol. The van der Waals surface area contributed by atoms with Gasteiger partial charge in [-0.3, -0.25) is 62.3 Å². The van der Waals surface area contributed by atoms with Crippen LogP contribution in [-0.4, -0.2) is 241 Å². The second-order valence-corrected chi connectivity index (χ2v) is 33.6. The molecule has 16 atom stereocenters. The number of hydrogen-bond donors (Lipinski definition) is 6. The average Bonchev–Trinajstić information content (AvgIpc) is 0.787. The zero-order valence-electron chi connectivity index (χ0n) is 76.9. The normalized spacial score (nSPS) is 22.4. The third-order valence-electron chi connectivity index (χ3n) is 22.9. The number of nitrogens with one attached hydrogen (secondary N) is 5. The van der Waals surface area contributed by atoms with Gasteiger partial charge in [-0.1, -0.05) is 61.3 Å². The van der Waals surface area contributed by atoms with E-state index in [1.54, 1.807) is 0 Å². The fourth-order valence-electron chi connectivity index (χ4n) is 14.4. The molecule has 3 aliphatic rings. The summed E-state index contributed by atoms with van der Waals surface area (Å²) in [5.74, 6) is -21.7. The largest absolute Gasteiger partial charge is 0.491 e. The number of carboxylic acids is 1. The Morgan fingerprint density at radius 2 is 0.685 bits per heavy atom. The first kappa shape index (κ1) is 116. The van der Waals surface area contributed by atoms with E-state index in [9.17, 15) is 107 Å². The van der Waals surface area contributed by atoms with Crippen LogP contribution >= 0.6 is 0 Å². The number of ketones is 4. The van der Waals surface area contributed by atoms with Crippen molar-refractivity contribution in [2.45, 2.75) is 311 Å². The van der Waals surface area contributed by atoms with Crippen molar-refractivity contribution in [1.82, 2.24) is 26.6 Å². The zero-order chi connectivity index (χ0) is 97.2. The molecule has 742 valence electrons. The van der Waals surface area contributed by atoms with Crippen molar-refractivity contribution < 1.29 is 169 Å². The number of aliphatic carboxylic acids is 1. The van der Waals surface area contributed by atoms with E-state index in [0.717, 1.165) is 0 Å². The first-order chi connectivity index (χ1) is 61.4. The Bertz CT molecular complexity index is 3590. The molecule has 0 spiro atoms. The molecule has 33 nitrogen and oxygen atoms in total.